The molecule has 134 valence electrons. The summed E-state index contributed by atoms with van der Waals surface area (Å²) < 4.78 is 28.4. The number of nitrogens with zero attached hydrogens (tertiary/aromatic N) is 2. The van der Waals surface area contributed by atoms with Crippen molar-refractivity contribution in [2.24, 2.45) is 5.14 Å². The van der Waals surface area contributed by atoms with E-state index in [9.17, 15) is 8.42 Å². The van der Waals surface area contributed by atoms with Crippen molar-refractivity contribution in [2.75, 3.05) is 12.4 Å². The van der Waals surface area contributed by atoms with E-state index in [1.165, 1.54) is 6.07 Å². The van der Waals surface area contributed by atoms with Crippen LogP contribution in [-0.2, 0) is 10.0 Å². The van der Waals surface area contributed by atoms with Gasteiger partial charge in [0.15, 0.2) is 5.82 Å². The van der Waals surface area contributed by atoms with Crippen molar-refractivity contribution in [2.45, 2.75) is 11.8 Å². The summed E-state index contributed by atoms with van der Waals surface area (Å²) in [4.78, 5) is 0.0808. The molecule has 0 bridgehead atoms. The van der Waals surface area contributed by atoms with Gasteiger partial charge >= 0.3 is 0 Å². The first-order valence-corrected chi connectivity index (χ1v) is 9.30. The fraction of sp³-hybridized carbons (Fsp3) is 0.111. The Hall–Kier alpha value is -2.97. The van der Waals surface area contributed by atoms with Gasteiger partial charge in [0.1, 0.15) is 5.75 Å². The Morgan fingerprint density at radius 2 is 1.73 bits per heavy atom. The molecule has 0 fully saturated rings. The van der Waals surface area contributed by atoms with Gasteiger partial charge in [-0.15, -0.1) is 10.2 Å². The molecule has 3 rings (SSSR count). The van der Waals surface area contributed by atoms with Crippen LogP contribution in [0.5, 0.6) is 5.75 Å². The number of ether oxygens (including phenoxy) is 1. The Kier molecular flexibility index (Phi) is 4.88. The maximum atomic E-state index is 11.7. The molecule has 0 aliphatic heterocycles. The van der Waals surface area contributed by atoms with E-state index in [0.717, 1.165) is 11.4 Å². The Bertz CT molecular complexity index is 1020. The molecule has 0 saturated carbocycles. The topological polar surface area (TPSA) is 107 Å². The molecule has 2 aromatic carbocycles. The fourth-order valence-corrected chi connectivity index (χ4v) is 3.25. The van der Waals surface area contributed by atoms with Crippen molar-refractivity contribution in [3.63, 3.8) is 0 Å². The van der Waals surface area contributed by atoms with Crippen molar-refractivity contribution < 1.29 is 13.2 Å². The molecule has 1 aromatic heterocycles. The molecule has 0 amide bonds. The second-order valence-electron chi connectivity index (χ2n) is 5.68. The van der Waals surface area contributed by atoms with E-state index >= 15 is 0 Å². The fourth-order valence-electron chi connectivity index (χ4n) is 2.44. The summed E-state index contributed by atoms with van der Waals surface area (Å²) in [6.07, 6.45) is 0. The third kappa shape index (κ3) is 3.98. The molecule has 3 N–H and O–H groups in total. The van der Waals surface area contributed by atoms with Crippen LogP contribution in [0.15, 0.2) is 59.5 Å². The second kappa shape index (κ2) is 7.11. The molecule has 8 heteroatoms. The number of nitrogens with two attached hydrogens (primary N) is 1. The highest BCUT2D eigenvalue weighted by Crippen LogP contribution is 2.24. The smallest absolute Gasteiger partial charge is 0.238 e. The zero-order valence-corrected chi connectivity index (χ0v) is 15.1. The Labute approximate surface area is 151 Å². The molecular weight excluding hydrogens is 352 g/mol. The molecule has 0 radical (unpaired) electrons. The number of hydrogen-bond donors (Lipinski definition) is 2. The number of nitrogens with one attached hydrogen (secondary N) is 1. The predicted octanol–water partition coefficient (Wildman–Crippen LogP) is 2.85. The van der Waals surface area contributed by atoms with Gasteiger partial charge in [-0.25, -0.2) is 13.6 Å². The van der Waals surface area contributed by atoms with Crippen LogP contribution in [0.25, 0.3) is 11.3 Å². The Morgan fingerprint density at radius 3 is 2.31 bits per heavy atom. The van der Waals surface area contributed by atoms with E-state index in [1.807, 2.05) is 24.3 Å². The molecule has 7 nitrogen and oxygen atoms in total. The molecule has 0 spiro atoms. The van der Waals surface area contributed by atoms with Crippen LogP contribution in [-0.4, -0.2) is 25.7 Å². The Balaban J connectivity index is 1.83. The Morgan fingerprint density at radius 1 is 1.00 bits per heavy atom. The van der Waals surface area contributed by atoms with Gasteiger partial charge in [0.25, 0.3) is 0 Å². The summed E-state index contributed by atoms with van der Waals surface area (Å²) >= 11 is 0. The standard InChI is InChI=1S/C18H18N4O3S/c1-12-3-4-13(11-17(12)26(19,23)24)16-9-10-18(22-21-16)20-14-5-7-15(25-2)8-6-14/h3-11H,1-2H3,(H,20,22)(H2,19,23,24). The molecular formula is C18H18N4O3S. The monoisotopic (exact) mass is 370 g/mol. The third-order valence-corrected chi connectivity index (χ3v) is 4.87. The number of primary sulfonamides is 1. The maximum absolute atomic E-state index is 11.7. The van der Waals surface area contributed by atoms with Gasteiger partial charge in [0, 0.05) is 11.3 Å². The average Bonchev–Trinajstić information content (AvgIpc) is 2.62. The average molecular weight is 370 g/mol. The first-order valence-electron chi connectivity index (χ1n) is 7.75. The minimum absolute atomic E-state index is 0.0808. The second-order valence-corrected chi connectivity index (χ2v) is 7.21. The summed E-state index contributed by atoms with van der Waals surface area (Å²) in [6, 6.07) is 15.9. The first kappa shape index (κ1) is 17.8. The highest BCUT2D eigenvalue weighted by atomic mass is 32.2. The predicted molar refractivity (Wildman–Crippen MR) is 99.9 cm³/mol. The largest absolute Gasteiger partial charge is 0.497 e. The van der Waals surface area contributed by atoms with Crippen LogP contribution in [0.4, 0.5) is 11.5 Å². The van der Waals surface area contributed by atoms with E-state index in [4.69, 9.17) is 9.88 Å². The van der Waals surface area contributed by atoms with Gasteiger partial charge in [-0.1, -0.05) is 12.1 Å². The number of benzene rings is 2. The zero-order chi connectivity index (χ0) is 18.7. The van der Waals surface area contributed by atoms with Crippen molar-refractivity contribution in [1.82, 2.24) is 10.2 Å². The lowest BCUT2D eigenvalue weighted by Crippen LogP contribution is -2.13. The lowest BCUT2D eigenvalue weighted by atomic mass is 10.1. The van der Waals surface area contributed by atoms with Gasteiger partial charge in [-0.05, 0) is 55.0 Å². The van der Waals surface area contributed by atoms with Crippen LogP contribution < -0.4 is 15.2 Å². The molecule has 26 heavy (non-hydrogen) atoms. The quantitative estimate of drug-likeness (QED) is 0.715. The van der Waals surface area contributed by atoms with Gasteiger partial charge in [0.05, 0.1) is 17.7 Å². The van der Waals surface area contributed by atoms with E-state index in [1.54, 1.807) is 38.3 Å². The number of anilines is 2. The van der Waals surface area contributed by atoms with Gasteiger partial charge in [0.2, 0.25) is 10.0 Å². The summed E-state index contributed by atoms with van der Waals surface area (Å²) in [7, 11) is -2.18. The van der Waals surface area contributed by atoms with Crippen LogP contribution in [0.2, 0.25) is 0 Å². The van der Waals surface area contributed by atoms with E-state index in [0.29, 0.717) is 22.6 Å². The minimum atomic E-state index is -3.79. The number of aromatic nitrogens is 2. The van der Waals surface area contributed by atoms with E-state index in [2.05, 4.69) is 15.5 Å². The molecule has 0 unspecified atom stereocenters. The van der Waals surface area contributed by atoms with Crippen molar-refractivity contribution in [3.8, 4) is 17.0 Å². The lowest BCUT2D eigenvalue weighted by Gasteiger charge is -2.08. The number of methoxy groups -OCH3 is 1. The number of hydrogen-bond acceptors (Lipinski definition) is 6. The normalized spacial score (nSPS) is 11.2. The summed E-state index contributed by atoms with van der Waals surface area (Å²) in [5, 5.41) is 16.7. The zero-order valence-electron chi connectivity index (χ0n) is 14.3. The molecule has 1 heterocycles. The van der Waals surface area contributed by atoms with Gasteiger partial charge in [-0.2, -0.15) is 0 Å². The summed E-state index contributed by atoms with van der Waals surface area (Å²) in [5.74, 6) is 1.33. The molecule has 0 aliphatic carbocycles. The lowest BCUT2D eigenvalue weighted by molar-refractivity contribution is 0.415. The molecule has 0 atom stereocenters. The van der Waals surface area contributed by atoms with E-state index < -0.39 is 10.0 Å². The van der Waals surface area contributed by atoms with Gasteiger partial charge < -0.3 is 10.1 Å². The molecule has 0 saturated heterocycles. The SMILES string of the molecule is COc1ccc(Nc2ccc(-c3ccc(C)c(S(N)(=O)=O)c3)nn2)cc1. The van der Waals surface area contributed by atoms with E-state index in [-0.39, 0.29) is 4.90 Å². The summed E-state index contributed by atoms with van der Waals surface area (Å²) in [6.45, 7) is 1.69. The van der Waals surface area contributed by atoms with Crippen LogP contribution in [0.3, 0.4) is 0 Å². The maximum Gasteiger partial charge on any atom is 0.238 e. The molecule has 3 aromatic rings. The highest BCUT2D eigenvalue weighted by molar-refractivity contribution is 7.89. The van der Waals surface area contributed by atoms with Crippen LogP contribution in [0, 0.1) is 6.92 Å². The number of sulfonamides is 1. The highest BCUT2D eigenvalue weighted by Gasteiger charge is 2.13. The van der Waals surface area contributed by atoms with Crippen molar-refractivity contribution in [1.29, 1.82) is 0 Å². The summed E-state index contributed by atoms with van der Waals surface area (Å²) in [5.41, 5.74) is 2.61. The molecule has 0 aliphatic rings. The van der Waals surface area contributed by atoms with Gasteiger partial charge in [-0.3, -0.25) is 0 Å². The van der Waals surface area contributed by atoms with Crippen molar-refractivity contribution >= 4 is 21.5 Å². The number of rotatable bonds is 5. The first-order chi connectivity index (χ1) is 12.4. The number of aryl methyl sites for hydroxylation is 1. The van der Waals surface area contributed by atoms with Crippen molar-refractivity contribution in [3.05, 3.63) is 60.2 Å². The van der Waals surface area contributed by atoms with Crippen LogP contribution >= 0.6 is 0 Å². The third-order valence-electron chi connectivity index (χ3n) is 3.82. The minimum Gasteiger partial charge on any atom is -0.497 e. The van der Waals surface area contributed by atoms with Crippen LogP contribution in [0.1, 0.15) is 5.56 Å².